The molecule has 6 nitrogen and oxygen atoms in total. The van der Waals surface area contributed by atoms with Crippen molar-refractivity contribution in [3.63, 3.8) is 0 Å². The fraction of sp³-hybridized carbons (Fsp3) is 0.304. The molecule has 9 heteroatoms. The van der Waals surface area contributed by atoms with E-state index in [0.717, 1.165) is 48.4 Å². The van der Waals surface area contributed by atoms with Crippen LogP contribution in [-0.2, 0) is 6.18 Å². The fourth-order valence-corrected chi connectivity index (χ4v) is 3.87. The largest absolute Gasteiger partial charge is 0.416 e. The highest BCUT2D eigenvalue weighted by Gasteiger charge is 2.31. The molecule has 1 aliphatic rings. The zero-order valence-corrected chi connectivity index (χ0v) is 17.9. The minimum absolute atomic E-state index is 0.0642. The zero-order chi connectivity index (χ0) is 23.0. The van der Waals surface area contributed by atoms with Crippen molar-refractivity contribution in [3.05, 3.63) is 71.8 Å². The molecule has 3 aromatic rings. The summed E-state index contributed by atoms with van der Waals surface area (Å²) in [5.41, 5.74) is 9.50. The second-order valence-corrected chi connectivity index (χ2v) is 8.08. The number of nitrogens with two attached hydrogens (primary N) is 1. The van der Waals surface area contributed by atoms with Gasteiger partial charge in [0.1, 0.15) is 11.8 Å². The van der Waals surface area contributed by atoms with Gasteiger partial charge in [-0.15, -0.1) is 0 Å². The maximum atomic E-state index is 13.2. The SMILES string of the molecule is C=C(C)N1CC=C(c2cc3c(N[C@H](C)c4cc(N)cc(C(F)(F)F)c4)ncnn3c2)CC1. The number of hydrogen-bond donors (Lipinski definition) is 2. The van der Waals surface area contributed by atoms with Crippen LogP contribution in [0.4, 0.5) is 24.7 Å². The topological polar surface area (TPSA) is 71.5 Å². The number of benzene rings is 1. The Kier molecular flexibility index (Phi) is 5.58. The van der Waals surface area contributed by atoms with Gasteiger partial charge in [0, 0.05) is 30.7 Å². The first-order valence-electron chi connectivity index (χ1n) is 10.3. The van der Waals surface area contributed by atoms with Gasteiger partial charge in [-0.25, -0.2) is 9.50 Å². The average Bonchev–Trinajstić information content (AvgIpc) is 3.18. The van der Waals surface area contributed by atoms with Crippen LogP contribution in [0.1, 0.15) is 43.0 Å². The van der Waals surface area contributed by atoms with Crippen LogP contribution in [0.2, 0.25) is 0 Å². The van der Waals surface area contributed by atoms with Gasteiger partial charge in [0.25, 0.3) is 0 Å². The minimum atomic E-state index is -4.46. The predicted octanol–water partition coefficient (Wildman–Crippen LogP) is 5.13. The molecule has 3 N–H and O–H groups in total. The van der Waals surface area contributed by atoms with Crippen LogP contribution in [0.5, 0.6) is 0 Å². The Morgan fingerprint density at radius 3 is 2.69 bits per heavy atom. The molecule has 0 spiro atoms. The molecular weight excluding hydrogens is 417 g/mol. The summed E-state index contributed by atoms with van der Waals surface area (Å²) in [7, 11) is 0. The number of allylic oxidation sites excluding steroid dienone is 1. The lowest BCUT2D eigenvalue weighted by atomic mass is 10.0. The van der Waals surface area contributed by atoms with Gasteiger partial charge >= 0.3 is 6.18 Å². The molecule has 0 unspecified atom stereocenters. The van der Waals surface area contributed by atoms with E-state index in [0.29, 0.717) is 11.4 Å². The Morgan fingerprint density at radius 1 is 1.25 bits per heavy atom. The van der Waals surface area contributed by atoms with Gasteiger partial charge < -0.3 is 16.0 Å². The van der Waals surface area contributed by atoms with Crippen LogP contribution >= 0.6 is 0 Å². The van der Waals surface area contributed by atoms with Crippen molar-refractivity contribution >= 4 is 22.6 Å². The van der Waals surface area contributed by atoms with E-state index in [2.05, 4.69) is 33.0 Å². The molecule has 168 valence electrons. The third-order valence-corrected chi connectivity index (χ3v) is 5.68. The molecule has 0 bridgehead atoms. The Balaban J connectivity index is 1.61. The highest BCUT2D eigenvalue weighted by atomic mass is 19.4. The summed E-state index contributed by atoms with van der Waals surface area (Å²) in [6.45, 7) is 9.47. The molecule has 2 aromatic heterocycles. The minimum Gasteiger partial charge on any atom is -0.399 e. The molecule has 0 radical (unpaired) electrons. The number of alkyl halides is 3. The third-order valence-electron chi connectivity index (χ3n) is 5.68. The Labute approximate surface area is 184 Å². The van der Waals surface area contributed by atoms with Crippen LogP contribution in [-0.4, -0.2) is 32.6 Å². The number of rotatable bonds is 5. The Morgan fingerprint density at radius 2 is 2.03 bits per heavy atom. The normalized spacial score (nSPS) is 15.5. The molecule has 1 atom stereocenters. The lowest BCUT2D eigenvalue weighted by molar-refractivity contribution is -0.137. The van der Waals surface area contributed by atoms with Crippen LogP contribution in [0.3, 0.4) is 0 Å². The molecule has 0 amide bonds. The molecule has 0 saturated heterocycles. The van der Waals surface area contributed by atoms with Crippen molar-refractivity contribution in [2.45, 2.75) is 32.5 Å². The molecule has 1 aromatic carbocycles. The number of anilines is 2. The molecule has 3 heterocycles. The maximum absolute atomic E-state index is 13.2. The first-order valence-corrected chi connectivity index (χ1v) is 10.3. The summed E-state index contributed by atoms with van der Waals surface area (Å²) in [6.07, 6.45) is 1.97. The maximum Gasteiger partial charge on any atom is 0.416 e. The number of fused-ring (bicyclic) bond motifs is 1. The van der Waals surface area contributed by atoms with Crippen molar-refractivity contribution in [2.75, 3.05) is 24.1 Å². The molecule has 32 heavy (non-hydrogen) atoms. The first kappa shape index (κ1) is 21.7. The summed E-state index contributed by atoms with van der Waals surface area (Å²) in [4.78, 5) is 6.54. The van der Waals surface area contributed by atoms with Crippen LogP contribution in [0.15, 0.2) is 55.1 Å². The number of hydrogen-bond acceptors (Lipinski definition) is 5. The quantitative estimate of drug-likeness (QED) is 0.537. The van der Waals surface area contributed by atoms with Gasteiger partial charge in [0.05, 0.1) is 11.6 Å². The molecular formula is C23H25F3N6. The standard InChI is InChI=1S/C23H25F3N6/c1-14(2)31-6-4-16(5-7-31)18-10-21-22(28-13-29-32(21)12-18)30-15(3)17-8-19(23(24,25)26)11-20(27)9-17/h4,8-13,15H,1,5-7,27H2,2-3H3,(H,28,29,30)/t15-/m1/s1. The molecule has 0 fully saturated rings. The summed E-state index contributed by atoms with van der Waals surface area (Å²) < 4.78 is 41.3. The molecule has 0 aliphatic carbocycles. The average molecular weight is 442 g/mol. The molecule has 0 saturated carbocycles. The second kappa shape index (κ2) is 8.22. The highest BCUT2D eigenvalue weighted by Crippen LogP contribution is 2.34. The summed E-state index contributed by atoms with van der Waals surface area (Å²) in [5, 5.41) is 7.50. The summed E-state index contributed by atoms with van der Waals surface area (Å²) >= 11 is 0. The molecule has 4 rings (SSSR count). The van der Waals surface area contributed by atoms with Crippen molar-refractivity contribution in [3.8, 4) is 0 Å². The van der Waals surface area contributed by atoms with Gasteiger partial charge in [-0.3, -0.25) is 0 Å². The van der Waals surface area contributed by atoms with Gasteiger partial charge in [0.15, 0.2) is 5.82 Å². The van der Waals surface area contributed by atoms with Gasteiger partial charge in [0.2, 0.25) is 0 Å². The number of nitrogens with one attached hydrogen (secondary N) is 1. The lowest BCUT2D eigenvalue weighted by Crippen LogP contribution is -2.26. The lowest BCUT2D eigenvalue weighted by Gasteiger charge is -2.28. The van der Waals surface area contributed by atoms with Gasteiger partial charge in [-0.1, -0.05) is 12.7 Å². The smallest absolute Gasteiger partial charge is 0.399 e. The summed E-state index contributed by atoms with van der Waals surface area (Å²) in [5.74, 6) is 0.537. The van der Waals surface area contributed by atoms with E-state index in [9.17, 15) is 13.2 Å². The Hall–Kier alpha value is -3.49. The van der Waals surface area contributed by atoms with E-state index in [1.165, 1.54) is 18.0 Å². The van der Waals surface area contributed by atoms with E-state index >= 15 is 0 Å². The van der Waals surface area contributed by atoms with Crippen molar-refractivity contribution in [1.29, 1.82) is 0 Å². The van der Waals surface area contributed by atoms with E-state index in [1.807, 2.05) is 19.2 Å². The van der Waals surface area contributed by atoms with Gasteiger partial charge in [-0.05, 0) is 61.2 Å². The first-order chi connectivity index (χ1) is 15.1. The van der Waals surface area contributed by atoms with Crippen LogP contribution in [0.25, 0.3) is 11.1 Å². The van der Waals surface area contributed by atoms with E-state index < -0.39 is 17.8 Å². The van der Waals surface area contributed by atoms with Crippen molar-refractivity contribution in [2.24, 2.45) is 0 Å². The predicted molar refractivity (Wildman–Crippen MR) is 120 cm³/mol. The van der Waals surface area contributed by atoms with E-state index in [-0.39, 0.29) is 5.69 Å². The fourth-order valence-electron chi connectivity index (χ4n) is 3.87. The summed E-state index contributed by atoms with van der Waals surface area (Å²) in [6, 6.07) is 5.13. The van der Waals surface area contributed by atoms with Gasteiger partial charge in [-0.2, -0.15) is 18.3 Å². The van der Waals surface area contributed by atoms with E-state index in [4.69, 9.17) is 5.73 Å². The highest BCUT2D eigenvalue weighted by molar-refractivity contribution is 5.77. The van der Waals surface area contributed by atoms with E-state index in [1.54, 1.807) is 11.4 Å². The zero-order valence-electron chi connectivity index (χ0n) is 17.9. The third kappa shape index (κ3) is 4.42. The molecule has 1 aliphatic heterocycles. The number of nitrogens with zero attached hydrogens (tertiary/aromatic N) is 4. The van der Waals surface area contributed by atoms with Crippen LogP contribution < -0.4 is 11.1 Å². The monoisotopic (exact) mass is 442 g/mol. The Bertz CT molecular complexity index is 1190. The van der Waals surface area contributed by atoms with Crippen molar-refractivity contribution < 1.29 is 13.2 Å². The number of halogens is 3. The van der Waals surface area contributed by atoms with Crippen LogP contribution in [0, 0.1) is 0 Å². The second-order valence-electron chi connectivity index (χ2n) is 8.08. The number of nitrogen functional groups attached to an aromatic ring is 1. The number of aromatic nitrogens is 3. The van der Waals surface area contributed by atoms with Crippen molar-refractivity contribution in [1.82, 2.24) is 19.5 Å².